The van der Waals surface area contributed by atoms with E-state index in [2.05, 4.69) is 5.32 Å². The van der Waals surface area contributed by atoms with Crippen LogP contribution in [0.3, 0.4) is 0 Å². The highest BCUT2D eigenvalue weighted by Crippen LogP contribution is 2.25. The van der Waals surface area contributed by atoms with Crippen LogP contribution in [0.4, 0.5) is 10.1 Å². The van der Waals surface area contributed by atoms with Gasteiger partial charge in [0.2, 0.25) is 5.91 Å². The monoisotopic (exact) mass is 269 g/mol. The average molecular weight is 269 g/mol. The van der Waals surface area contributed by atoms with E-state index >= 15 is 0 Å². The second-order valence-electron chi connectivity index (χ2n) is 4.89. The zero-order chi connectivity index (χ0) is 14.3. The number of benzene rings is 2. The van der Waals surface area contributed by atoms with E-state index in [0.717, 1.165) is 11.3 Å². The van der Waals surface area contributed by atoms with Gasteiger partial charge in [0.25, 0.3) is 0 Å². The highest BCUT2D eigenvalue weighted by Gasteiger charge is 2.20. The van der Waals surface area contributed by atoms with Crippen LogP contribution in [0, 0.1) is 12.7 Å². The molecule has 0 radical (unpaired) electrons. The largest absolute Gasteiger partial charge is 0.326 e. The first kappa shape index (κ1) is 12.5. The predicted octanol–water partition coefficient (Wildman–Crippen LogP) is 2.86. The van der Waals surface area contributed by atoms with Crippen molar-refractivity contribution in [1.82, 2.24) is 0 Å². The molecule has 1 N–H and O–H groups in total. The lowest BCUT2D eigenvalue weighted by atomic mass is 9.97. The second-order valence-corrected chi connectivity index (χ2v) is 4.89. The molecule has 2 aromatic rings. The van der Waals surface area contributed by atoms with Crippen molar-refractivity contribution in [2.24, 2.45) is 0 Å². The molecule has 20 heavy (non-hydrogen) atoms. The summed E-state index contributed by atoms with van der Waals surface area (Å²) >= 11 is 0. The summed E-state index contributed by atoms with van der Waals surface area (Å²) in [6.45, 7) is 1.70. The molecule has 4 heteroatoms. The maximum atomic E-state index is 13.1. The van der Waals surface area contributed by atoms with Crippen molar-refractivity contribution in [2.45, 2.75) is 13.3 Å². The Balaban J connectivity index is 1.99. The van der Waals surface area contributed by atoms with Gasteiger partial charge in [-0.25, -0.2) is 4.39 Å². The number of halogens is 1. The van der Waals surface area contributed by atoms with E-state index in [1.54, 1.807) is 25.1 Å². The number of amides is 1. The van der Waals surface area contributed by atoms with Crippen LogP contribution >= 0.6 is 0 Å². The predicted molar refractivity (Wildman–Crippen MR) is 73.3 cm³/mol. The van der Waals surface area contributed by atoms with Crippen molar-refractivity contribution in [2.75, 3.05) is 5.32 Å². The van der Waals surface area contributed by atoms with Gasteiger partial charge in [-0.3, -0.25) is 9.59 Å². The van der Waals surface area contributed by atoms with Gasteiger partial charge in [0.05, 0.1) is 6.42 Å². The fourth-order valence-electron chi connectivity index (χ4n) is 2.41. The third-order valence-corrected chi connectivity index (χ3v) is 3.43. The van der Waals surface area contributed by atoms with Gasteiger partial charge < -0.3 is 5.32 Å². The van der Waals surface area contributed by atoms with E-state index in [0.29, 0.717) is 23.1 Å². The summed E-state index contributed by atoms with van der Waals surface area (Å²) in [6.07, 6.45) is 0.291. The Hall–Kier alpha value is -2.49. The third kappa shape index (κ3) is 2.09. The van der Waals surface area contributed by atoms with Crippen LogP contribution in [0.25, 0.3) is 0 Å². The first-order chi connectivity index (χ1) is 9.54. The maximum Gasteiger partial charge on any atom is 0.228 e. The summed E-state index contributed by atoms with van der Waals surface area (Å²) in [5, 5.41) is 2.72. The van der Waals surface area contributed by atoms with Crippen LogP contribution in [-0.2, 0) is 11.2 Å². The molecule has 1 heterocycles. The zero-order valence-electron chi connectivity index (χ0n) is 10.9. The van der Waals surface area contributed by atoms with Gasteiger partial charge in [-0.1, -0.05) is 0 Å². The number of anilines is 1. The Morgan fingerprint density at radius 2 is 2.00 bits per heavy atom. The van der Waals surface area contributed by atoms with Crippen LogP contribution in [0.5, 0.6) is 0 Å². The van der Waals surface area contributed by atoms with Crippen LogP contribution < -0.4 is 5.32 Å². The lowest BCUT2D eigenvalue weighted by molar-refractivity contribution is -0.115. The van der Waals surface area contributed by atoms with Gasteiger partial charge in [0.15, 0.2) is 5.78 Å². The Bertz CT molecular complexity index is 737. The minimum absolute atomic E-state index is 0.0671. The van der Waals surface area contributed by atoms with Gasteiger partial charge in [-0.15, -0.1) is 0 Å². The smallest absolute Gasteiger partial charge is 0.228 e. The van der Waals surface area contributed by atoms with Gasteiger partial charge in [-0.05, 0) is 54.4 Å². The summed E-state index contributed by atoms with van der Waals surface area (Å²) in [4.78, 5) is 23.7. The van der Waals surface area contributed by atoms with Gasteiger partial charge in [0, 0.05) is 16.8 Å². The van der Waals surface area contributed by atoms with Gasteiger partial charge in [-0.2, -0.15) is 0 Å². The molecule has 0 atom stereocenters. The minimum Gasteiger partial charge on any atom is -0.326 e. The molecule has 0 spiro atoms. The number of hydrogen-bond donors (Lipinski definition) is 1. The van der Waals surface area contributed by atoms with E-state index in [-0.39, 0.29) is 17.5 Å². The Morgan fingerprint density at radius 3 is 2.75 bits per heavy atom. The Labute approximate surface area is 115 Å². The molecular formula is C16H12FNO2. The zero-order valence-corrected chi connectivity index (χ0v) is 10.9. The third-order valence-electron chi connectivity index (χ3n) is 3.43. The van der Waals surface area contributed by atoms with E-state index in [1.807, 2.05) is 0 Å². The fourth-order valence-corrected chi connectivity index (χ4v) is 2.41. The summed E-state index contributed by atoms with van der Waals surface area (Å²) < 4.78 is 13.1. The number of fused-ring (bicyclic) bond motifs is 1. The molecule has 0 unspecified atom stereocenters. The van der Waals surface area contributed by atoms with Crippen LogP contribution in [0.1, 0.15) is 27.0 Å². The molecule has 0 fully saturated rings. The van der Waals surface area contributed by atoms with Gasteiger partial charge in [0.1, 0.15) is 5.82 Å². The molecule has 1 amide bonds. The van der Waals surface area contributed by atoms with Crippen molar-refractivity contribution in [3.8, 4) is 0 Å². The first-order valence-corrected chi connectivity index (χ1v) is 6.28. The number of rotatable bonds is 2. The van der Waals surface area contributed by atoms with E-state index < -0.39 is 0 Å². The molecule has 0 saturated carbocycles. The van der Waals surface area contributed by atoms with Crippen molar-refractivity contribution in [3.05, 3.63) is 64.5 Å². The highest BCUT2D eigenvalue weighted by molar-refractivity contribution is 6.11. The van der Waals surface area contributed by atoms with Crippen LogP contribution in [0.2, 0.25) is 0 Å². The molecular weight excluding hydrogens is 257 g/mol. The number of ketones is 1. The Morgan fingerprint density at radius 1 is 1.20 bits per heavy atom. The molecule has 3 rings (SSSR count). The average Bonchev–Trinajstić information content (AvgIpc) is 2.77. The molecule has 0 aliphatic carbocycles. The number of carbonyl (C=O) groups is 2. The fraction of sp³-hybridized carbons (Fsp3) is 0.125. The Kier molecular flexibility index (Phi) is 2.86. The number of aryl methyl sites for hydroxylation is 1. The lowest BCUT2D eigenvalue weighted by Gasteiger charge is -2.06. The molecule has 0 aromatic heterocycles. The molecule has 0 saturated heterocycles. The molecule has 1 aliphatic rings. The molecule has 3 nitrogen and oxygen atoms in total. The first-order valence-electron chi connectivity index (χ1n) is 6.28. The van der Waals surface area contributed by atoms with E-state index in [9.17, 15) is 14.0 Å². The molecule has 100 valence electrons. The lowest BCUT2D eigenvalue weighted by Crippen LogP contribution is -2.04. The number of hydrogen-bond acceptors (Lipinski definition) is 2. The molecule has 0 bridgehead atoms. The van der Waals surface area contributed by atoms with E-state index in [1.165, 1.54) is 18.2 Å². The SMILES string of the molecule is Cc1cc(F)ccc1C(=O)c1ccc2c(c1)CC(=O)N2. The standard InChI is InChI=1S/C16H12FNO2/c1-9-6-12(17)3-4-13(9)16(20)10-2-5-14-11(7-10)8-15(19)18-14/h2-7H,8H2,1H3,(H,18,19). The molecule has 1 aliphatic heterocycles. The summed E-state index contributed by atoms with van der Waals surface area (Å²) in [5.74, 6) is -0.588. The van der Waals surface area contributed by atoms with Crippen molar-refractivity contribution >= 4 is 17.4 Å². The second kappa shape index (κ2) is 4.56. The topological polar surface area (TPSA) is 46.2 Å². The highest BCUT2D eigenvalue weighted by atomic mass is 19.1. The minimum atomic E-state index is -0.359. The van der Waals surface area contributed by atoms with Crippen molar-refractivity contribution in [3.63, 3.8) is 0 Å². The summed E-state index contributed by atoms with van der Waals surface area (Å²) in [6, 6.07) is 9.23. The van der Waals surface area contributed by atoms with Crippen LogP contribution in [0.15, 0.2) is 36.4 Å². The number of nitrogens with one attached hydrogen (secondary N) is 1. The van der Waals surface area contributed by atoms with Gasteiger partial charge >= 0.3 is 0 Å². The van der Waals surface area contributed by atoms with Crippen molar-refractivity contribution < 1.29 is 14.0 Å². The summed E-state index contributed by atoms with van der Waals surface area (Å²) in [7, 11) is 0. The maximum absolute atomic E-state index is 13.1. The van der Waals surface area contributed by atoms with E-state index in [4.69, 9.17) is 0 Å². The normalized spacial score (nSPS) is 13.0. The quantitative estimate of drug-likeness (QED) is 0.852. The summed E-state index contributed by atoms with van der Waals surface area (Å²) in [5.41, 5.74) is 3.16. The van der Waals surface area contributed by atoms with Crippen LogP contribution in [-0.4, -0.2) is 11.7 Å². The number of carbonyl (C=O) groups excluding carboxylic acids is 2. The van der Waals surface area contributed by atoms with Crippen molar-refractivity contribution in [1.29, 1.82) is 0 Å². The molecule has 2 aromatic carbocycles.